The van der Waals surface area contributed by atoms with Crippen LogP contribution in [0.3, 0.4) is 0 Å². The number of aromatic hydroxyl groups is 1. The lowest BCUT2D eigenvalue weighted by molar-refractivity contribution is 0.418. The quantitative estimate of drug-likeness (QED) is 0.545. The van der Waals surface area contributed by atoms with Crippen LogP contribution in [-0.2, 0) is 7.05 Å². The van der Waals surface area contributed by atoms with E-state index in [0.29, 0.717) is 4.21 Å². The molecule has 9 heavy (non-hydrogen) atoms. The SMILES string of the molecule is Cn1c(O)c(S)sc1=O. The Balaban J connectivity index is 3.47. The van der Waals surface area contributed by atoms with E-state index in [0.717, 1.165) is 15.9 Å². The molecule has 0 saturated heterocycles. The molecule has 0 aliphatic heterocycles. The highest BCUT2D eigenvalue weighted by Gasteiger charge is 2.04. The van der Waals surface area contributed by atoms with E-state index in [1.807, 2.05) is 0 Å². The van der Waals surface area contributed by atoms with Crippen molar-refractivity contribution in [2.45, 2.75) is 4.21 Å². The molecule has 0 saturated carbocycles. The lowest BCUT2D eigenvalue weighted by atomic mass is 10.8. The summed E-state index contributed by atoms with van der Waals surface area (Å²) in [4.78, 5) is 10.4. The van der Waals surface area contributed by atoms with Gasteiger partial charge in [-0.2, -0.15) is 0 Å². The summed E-state index contributed by atoms with van der Waals surface area (Å²) >= 11 is 4.75. The highest BCUT2D eigenvalue weighted by Crippen LogP contribution is 2.21. The maximum Gasteiger partial charge on any atom is 0.310 e. The minimum absolute atomic E-state index is 0.0617. The molecule has 5 heteroatoms. The van der Waals surface area contributed by atoms with Crippen molar-refractivity contribution in [3.63, 3.8) is 0 Å². The Kier molecular flexibility index (Phi) is 1.54. The monoisotopic (exact) mass is 163 g/mol. The Hall–Kier alpha value is -0.420. The molecule has 1 rings (SSSR count). The Labute approximate surface area is 61.0 Å². The molecule has 0 aromatic carbocycles. The highest BCUT2D eigenvalue weighted by atomic mass is 32.2. The molecule has 0 fully saturated rings. The second-order valence-electron chi connectivity index (χ2n) is 1.56. The standard InChI is InChI=1S/C4H5NO2S2/c1-5-2(6)3(8)9-4(5)7/h6,8H,1H3. The molecule has 1 N–H and O–H groups in total. The van der Waals surface area contributed by atoms with Gasteiger partial charge in [-0.3, -0.25) is 9.36 Å². The molecule has 0 aliphatic carbocycles. The molecule has 0 atom stereocenters. The predicted molar refractivity (Wildman–Crippen MR) is 38.5 cm³/mol. The lowest BCUT2D eigenvalue weighted by Crippen LogP contribution is -2.05. The first-order valence-electron chi connectivity index (χ1n) is 2.20. The minimum atomic E-state index is -0.197. The summed E-state index contributed by atoms with van der Waals surface area (Å²) in [5, 5.41) is 8.92. The molecule has 0 spiro atoms. The number of rotatable bonds is 0. The summed E-state index contributed by atoms with van der Waals surface area (Å²) in [6, 6.07) is 0. The van der Waals surface area contributed by atoms with Gasteiger partial charge in [0.05, 0.1) is 0 Å². The Morgan fingerprint density at radius 3 is 2.44 bits per heavy atom. The van der Waals surface area contributed by atoms with Gasteiger partial charge in [0, 0.05) is 7.05 Å². The van der Waals surface area contributed by atoms with Crippen LogP contribution in [0.5, 0.6) is 5.88 Å². The normalized spacial score (nSPS) is 10.0. The van der Waals surface area contributed by atoms with E-state index >= 15 is 0 Å². The Morgan fingerprint density at radius 1 is 1.78 bits per heavy atom. The molecule has 0 aliphatic rings. The van der Waals surface area contributed by atoms with Crippen molar-refractivity contribution >= 4 is 24.0 Å². The van der Waals surface area contributed by atoms with Crippen molar-refractivity contribution in [1.29, 1.82) is 0 Å². The molecule has 50 valence electrons. The fourth-order valence-electron chi connectivity index (χ4n) is 0.427. The van der Waals surface area contributed by atoms with Gasteiger partial charge in [0.2, 0.25) is 5.88 Å². The first-order chi connectivity index (χ1) is 4.13. The zero-order valence-corrected chi connectivity index (χ0v) is 6.37. The molecule has 3 nitrogen and oxygen atoms in total. The lowest BCUT2D eigenvalue weighted by Gasteiger charge is -1.88. The average Bonchev–Trinajstić information content (AvgIpc) is 1.98. The van der Waals surface area contributed by atoms with Crippen LogP contribution >= 0.6 is 24.0 Å². The van der Waals surface area contributed by atoms with Crippen molar-refractivity contribution in [2.24, 2.45) is 7.05 Å². The number of hydrogen-bond donors (Lipinski definition) is 2. The topological polar surface area (TPSA) is 42.2 Å². The van der Waals surface area contributed by atoms with Crippen LogP contribution < -0.4 is 4.87 Å². The molecule has 0 amide bonds. The molecule has 1 heterocycles. The van der Waals surface area contributed by atoms with Crippen LogP contribution in [-0.4, -0.2) is 9.67 Å². The van der Waals surface area contributed by atoms with Crippen LogP contribution in [0.1, 0.15) is 0 Å². The third-order valence-corrected chi connectivity index (χ3v) is 2.27. The minimum Gasteiger partial charge on any atom is -0.493 e. The van der Waals surface area contributed by atoms with Crippen molar-refractivity contribution in [2.75, 3.05) is 0 Å². The van der Waals surface area contributed by atoms with Crippen LogP contribution in [0.2, 0.25) is 0 Å². The summed E-state index contributed by atoms with van der Waals surface area (Å²) in [6.07, 6.45) is 0. The number of hydrogen-bond acceptors (Lipinski definition) is 4. The number of thiazole rings is 1. The molecule has 0 radical (unpaired) electrons. The average molecular weight is 163 g/mol. The van der Waals surface area contributed by atoms with Crippen LogP contribution in [0, 0.1) is 0 Å². The van der Waals surface area contributed by atoms with Gasteiger partial charge in [-0.05, 0) is 0 Å². The maximum atomic E-state index is 10.6. The zero-order chi connectivity index (χ0) is 7.02. The third-order valence-electron chi connectivity index (χ3n) is 0.967. The largest absolute Gasteiger partial charge is 0.493 e. The van der Waals surface area contributed by atoms with Crippen molar-refractivity contribution < 1.29 is 5.11 Å². The maximum absolute atomic E-state index is 10.6. The van der Waals surface area contributed by atoms with E-state index in [2.05, 4.69) is 12.6 Å². The molecule has 0 unspecified atom stereocenters. The summed E-state index contributed by atoms with van der Waals surface area (Å²) in [6.45, 7) is 0. The molecular formula is C4H5NO2S2. The van der Waals surface area contributed by atoms with Gasteiger partial charge >= 0.3 is 4.87 Å². The smallest absolute Gasteiger partial charge is 0.310 e. The van der Waals surface area contributed by atoms with E-state index in [9.17, 15) is 4.79 Å². The van der Waals surface area contributed by atoms with Crippen molar-refractivity contribution in [3.8, 4) is 5.88 Å². The summed E-state index contributed by atoms with van der Waals surface area (Å²) in [5.41, 5.74) is 0. The van der Waals surface area contributed by atoms with Gasteiger partial charge < -0.3 is 5.11 Å². The highest BCUT2D eigenvalue weighted by molar-refractivity contribution is 7.82. The van der Waals surface area contributed by atoms with Crippen LogP contribution in [0.4, 0.5) is 0 Å². The first kappa shape index (κ1) is 6.70. The number of nitrogens with zero attached hydrogens (tertiary/aromatic N) is 1. The third kappa shape index (κ3) is 0.972. The van der Waals surface area contributed by atoms with Crippen molar-refractivity contribution in [1.82, 2.24) is 4.57 Å². The van der Waals surface area contributed by atoms with Crippen LogP contribution in [0.15, 0.2) is 9.00 Å². The van der Waals surface area contributed by atoms with E-state index in [1.165, 1.54) is 7.05 Å². The molecule has 0 bridgehead atoms. The van der Waals surface area contributed by atoms with E-state index in [1.54, 1.807) is 0 Å². The van der Waals surface area contributed by atoms with Gasteiger partial charge in [-0.15, -0.1) is 12.6 Å². The summed E-state index contributed by atoms with van der Waals surface area (Å²) in [7, 11) is 1.49. The predicted octanol–water partition coefficient (Wildman–Crippen LogP) is 0.441. The van der Waals surface area contributed by atoms with Crippen molar-refractivity contribution in [3.05, 3.63) is 9.67 Å². The molecule has 1 aromatic heterocycles. The fourth-order valence-corrected chi connectivity index (χ4v) is 1.43. The Morgan fingerprint density at radius 2 is 2.33 bits per heavy atom. The van der Waals surface area contributed by atoms with Gasteiger partial charge in [-0.25, -0.2) is 0 Å². The molecular weight excluding hydrogens is 158 g/mol. The summed E-state index contributed by atoms with van der Waals surface area (Å²) < 4.78 is 1.51. The Bertz CT molecular complexity index is 275. The van der Waals surface area contributed by atoms with Gasteiger partial charge in [0.15, 0.2) is 0 Å². The number of aromatic nitrogens is 1. The van der Waals surface area contributed by atoms with Crippen LogP contribution in [0.25, 0.3) is 0 Å². The summed E-state index contributed by atoms with van der Waals surface area (Å²) in [5.74, 6) is -0.0617. The second-order valence-corrected chi connectivity index (χ2v) is 3.27. The molecule has 1 aromatic rings. The zero-order valence-electron chi connectivity index (χ0n) is 4.66. The fraction of sp³-hybridized carbons (Fsp3) is 0.250. The first-order valence-corrected chi connectivity index (χ1v) is 3.47. The second kappa shape index (κ2) is 2.07. The van der Waals surface area contributed by atoms with E-state index in [-0.39, 0.29) is 10.8 Å². The van der Waals surface area contributed by atoms with Gasteiger partial charge in [0.1, 0.15) is 4.21 Å². The van der Waals surface area contributed by atoms with E-state index < -0.39 is 0 Å². The van der Waals surface area contributed by atoms with Gasteiger partial charge in [-0.1, -0.05) is 11.3 Å². The van der Waals surface area contributed by atoms with E-state index in [4.69, 9.17) is 5.11 Å². The number of thiol groups is 1. The van der Waals surface area contributed by atoms with Gasteiger partial charge in [0.25, 0.3) is 0 Å².